The fraction of sp³-hybridized carbons (Fsp3) is 1.00. The molecule has 0 saturated heterocycles. The maximum Gasteiger partial charge on any atom is 0.411 e. The van der Waals surface area contributed by atoms with Crippen LogP contribution in [0.3, 0.4) is 0 Å². The molecular formula is C12H20F3IO. The normalized spacial score (nSPS) is 30.9. The molecule has 1 nitrogen and oxygen atoms in total. The van der Waals surface area contributed by atoms with Crippen LogP contribution in [0.4, 0.5) is 13.2 Å². The van der Waals surface area contributed by atoms with E-state index in [9.17, 15) is 13.2 Å². The van der Waals surface area contributed by atoms with Gasteiger partial charge in [-0.3, -0.25) is 0 Å². The van der Waals surface area contributed by atoms with Crippen LogP contribution in [0.15, 0.2) is 0 Å². The van der Waals surface area contributed by atoms with Gasteiger partial charge in [-0.15, -0.1) is 0 Å². The number of ether oxygens (including phenoxy) is 1. The predicted octanol–water partition coefficient (Wildman–Crippen LogP) is 4.59. The fourth-order valence-corrected chi connectivity index (χ4v) is 3.37. The van der Waals surface area contributed by atoms with Crippen molar-refractivity contribution in [3.63, 3.8) is 0 Å². The second-order valence-electron chi connectivity index (χ2n) is 5.30. The Hall–Kier alpha value is 0.480. The third-order valence-corrected chi connectivity index (χ3v) is 5.06. The van der Waals surface area contributed by atoms with E-state index in [4.69, 9.17) is 4.74 Å². The van der Waals surface area contributed by atoms with Crippen LogP contribution in [0.2, 0.25) is 0 Å². The molecule has 0 spiro atoms. The van der Waals surface area contributed by atoms with Crippen LogP contribution in [0.1, 0.15) is 39.5 Å². The number of halogens is 4. The Kier molecular flexibility index (Phi) is 5.56. The summed E-state index contributed by atoms with van der Waals surface area (Å²) in [5.41, 5.74) is -0.540. The summed E-state index contributed by atoms with van der Waals surface area (Å²) >= 11 is 2.14. The molecular weight excluding hydrogens is 344 g/mol. The average Bonchev–Trinajstić information content (AvgIpc) is 2.26. The topological polar surface area (TPSA) is 9.23 Å². The minimum absolute atomic E-state index is 0.540. The molecule has 0 radical (unpaired) electrons. The quantitative estimate of drug-likeness (QED) is 0.524. The van der Waals surface area contributed by atoms with Gasteiger partial charge in [0.15, 0.2) is 0 Å². The molecule has 1 aliphatic rings. The summed E-state index contributed by atoms with van der Waals surface area (Å²) in [4.78, 5) is 0. The number of rotatable bonds is 4. The summed E-state index contributed by atoms with van der Waals surface area (Å²) in [5, 5.41) is 0. The number of alkyl halides is 4. The highest BCUT2D eigenvalue weighted by Crippen LogP contribution is 2.39. The molecule has 0 bridgehead atoms. The van der Waals surface area contributed by atoms with Gasteiger partial charge in [0.25, 0.3) is 0 Å². The molecule has 0 atom stereocenters. The largest absolute Gasteiger partial charge is 0.411 e. The first-order valence-corrected chi connectivity index (χ1v) is 7.57. The molecule has 0 aromatic heterocycles. The lowest BCUT2D eigenvalue weighted by atomic mass is 9.75. The summed E-state index contributed by atoms with van der Waals surface area (Å²) in [6.45, 7) is 3.25. The van der Waals surface area contributed by atoms with Crippen LogP contribution < -0.4 is 0 Å². The van der Waals surface area contributed by atoms with E-state index in [0.717, 1.165) is 25.7 Å². The monoisotopic (exact) mass is 364 g/mol. The summed E-state index contributed by atoms with van der Waals surface area (Å²) in [6, 6.07) is 0. The molecule has 0 heterocycles. The van der Waals surface area contributed by atoms with Crippen molar-refractivity contribution in [3.05, 3.63) is 0 Å². The van der Waals surface area contributed by atoms with Gasteiger partial charge in [-0.25, -0.2) is 0 Å². The first kappa shape index (κ1) is 15.5. The Balaban J connectivity index is 2.49. The SMILES string of the molecule is CC(C)C1CCC(CI)(OCC(F)(F)F)CC1. The summed E-state index contributed by atoms with van der Waals surface area (Å²) in [5.74, 6) is 1.25. The predicted molar refractivity (Wildman–Crippen MR) is 70.4 cm³/mol. The highest BCUT2D eigenvalue weighted by molar-refractivity contribution is 14.1. The molecule has 1 rings (SSSR count). The van der Waals surface area contributed by atoms with Gasteiger partial charge in [0, 0.05) is 4.43 Å². The Morgan fingerprint density at radius 2 is 1.82 bits per heavy atom. The van der Waals surface area contributed by atoms with Gasteiger partial charge in [0.05, 0.1) is 5.60 Å². The van der Waals surface area contributed by atoms with E-state index in [1.807, 2.05) is 0 Å². The highest BCUT2D eigenvalue weighted by atomic mass is 127. The average molecular weight is 364 g/mol. The van der Waals surface area contributed by atoms with E-state index < -0.39 is 18.4 Å². The van der Waals surface area contributed by atoms with Gasteiger partial charge in [-0.2, -0.15) is 13.2 Å². The molecule has 0 N–H and O–H groups in total. The molecule has 17 heavy (non-hydrogen) atoms. The molecule has 0 aromatic carbocycles. The smallest absolute Gasteiger partial charge is 0.365 e. The third-order valence-electron chi connectivity index (χ3n) is 3.67. The molecule has 1 fully saturated rings. The van der Waals surface area contributed by atoms with Crippen molar-refractivity contribution in [1.29, 1.82) is 0 Å². The Labute approximate surface area is 115 Å². The zero-order chi connectivity index (χ0) is 13.1. The first-order valence-electron chi connectivity index (χ1n) is 6.05. The van der Waals surface area contributed by atoms with Gasteiger partial charge in [0.2, 0.25) is 0 Å². The second-order valence-corrected chi connectivity index (χ2v) is 6.06. The van der Waals surface area contributed by atoms with Crippen LogP contribution in [0.5, 0.6) is 0 Å². The van der Waals surface area contributed by atoms with E-state index in [2.05, 4.69) is 36.4 Å². The van der Waals surface area contributed by atoms with Crippen molar-refractivity contribution >= 4 is 22.6 Å². The highest BCUT2D eigenvalue weighted by Gasteiger charge is 2.39. The van der Waals surface area contributed by atoms with E-state index in [1.54, 1.807) is 0 Å². The van der Waals surface area contributed by atoms with Crippen LogP contribution in [0.25, 0.3) is 0 Å². The minimum Gasteiger partial charge on any atom is -0.365 e. The van der Waals surface area contributed by atoms with E-state index >= 15 is 0 Å². The summed E-state index contributed by atoms with van der Waals surface area (Å²) < 4.78 is 42.4. The van der Waals surface area contributed by atoms with Crippen molar-refractivity contribution < 1.29 is 17.9 Å². The zero-order valence-electron chi connectivity index (χ0n) is 10.3. The molecule has 0 aromatic rings. The van der Waals surface area contributed by atoms with Crippen molar-refractivity contribution in [2.24, 2.45) is 11.8 Å². The Bertz CT molecular complexity index is 232. The van der Waals surface area contributed by atoms with Gasteiger partial charge in [-0.05, 0) is 37.5 Å². The molecule has 0 aliphatic heterocycles. The molecule has 0 amide bonds. The maximum absolute atomic E-state index is 12.2. The standard InChI is InChI=1S/C12H20F3IO/c1-9(2)10-3-5-11(7-16,6-4-10)17-8-12(13,14)15/h9-10H,3-8H2,1-2H3. The van der Waals surface area contributed by atoms with Gasteiger partial charge >= 0.3 is 6.18 Å². The second kappa shape index (κ2) is 6.08. The third kappa shape index (κ3) is 4.93. The van der Waals surface area contributed by atoms with Crippen molar-refractivity contribution in [3.8, 4) is 0 Å². The lowest BCUT2D eigenvalue weighted by Crippen LogP contribution is -2.42. The molecule has 1 aliphatic carbocycles. The van der Waals surface area contributed by atoms with Crippen molar-refractivity contribution in [2.45, 2.75) is 51.3 Å². The lowest BCUT2D eigenvalue weighted by molar-refractivity contribution is -0.207. The van der Waals surface area contributed by atoms with Crippen LogP contribution in [-0.2, 0) is 4.74 Å². The number of hydrogen-bond acceptors (Lipinski definition) is 1. The van der Waals surface area contributed by atoms with Crippen LogP contribution >= 0.6 is 22.6 Å². The molecule has 5 heteroatoms. The van der Waals surface area contributed by atoms with Crippen molar-refractivity contribution in [1.82, 2.24) is 0 Å². The number of hydrogen-bond donors (Lipinski definition) is 0. The summed E-state index contributed by atoms with van der Waals surface area (Å²) in [6.07, 6.45) is -0.728. The van der Waals surface area contributed by atoms with Crippen molar-refractivity contribution in [2.75, 3.05) is 11.0 Å². The lowest BCUT2D eigenvalue weighted by Gasteiger charge is -2.40. The van der Waals surface area contributed by atoms with Crippen LogP contribution in [0, 0.1) is 11.8 Å². The van der Waals surface area contributed by atoms with Gasteiger partial charge in [0.1, 0.15) is 6.61 Å². The minimum atomic E-state index is -4.21. The Morgan fingerprint density at radius 3 is 2.18 bits per heavy atom. The van der Waals surface area contributed by atoms with Crippen LogP contribution in [-0.4, -0.2) is 22.8 Å². The maximum atomic E-state index is 12.2. The van der Waals surface area contributed by atoms with Gasteiger partial charge < -0.3 is 4.74 Å². The molecule has 1 saturated carbocycles. The Morgan fingerprint density at radius 1 is 1.29 bits per heavy atom. The first-order chi connectivity index (χ1) is 7.78. The van der Waals surface area contributed by atoms with E-state index in [0.29, 0.717) is 16.3 Å². The fourth-order valence-electron chi connectivity index (χ4n) is 2.38. The molecule has 102 valence electrons. The zero-order valence-corrected chi connectivity index (χ0v) is 12.5. The molecule has 0 unspecified atom stereocenters. The van der Waals surface area contributed by atoms with E-state index in [1.165, 1.54) is 0 Å². The van der Waals surface area contributed by atoms with Gasteiger partial charge in [-0.1, -0.05) is 36.4 Å². The summed E-state index contributed by atoms with van der Waals surface area (Å²) in [7, 11) is 0. The van der Waals surface area contributed by atoms with E-state index in [-0.39, 0.29) is 0 Å².